The second-order valence-electron chi connectivity index (χ2n) is 5.08. The number of hydrogen-bond donors (Lipinski definition) is 1. The number of rotatable bonds is 5. The Morgan fingerprint density at radius 3 is 2.85 bits per heavy atom. The monoisotopic (exact) mass is 298 g/mol. The van der Waals surface area contributed by atoms with Crippen molar-refractivity contribution < 1.29 is 13.2 Å². The van der Waals surface area contributed by atoms with Crippen LogP contribution in [0.5, 0.6) is 5.75 Å². The van der Waals surface area contributed by atoms with Gasteiger partial charge in [0.25, 0.3) is 0 Å². The molecule has 0 saturated carbocycles. The molecule has 1 atom stereocenters. The summed E-state index contributed by atoms with van der Waals surface area (Å²) in [6.07, 6.45) is 1.97. The summed E-state index contributed by atoms with van der Waals surface area (Å²) in [5.41, 5.74) is 0. The Hall–Kier alpha value is -1.11. The lowest BCUT2D eigenvalue weighted by atomic mass is 10.00. The smallest absolute Gasteiger partial charge is 0.246 e. The Balaban J connectivity index is 2.25. The van der Waals surface area contributed by atoms with Crippen LogP contribution >= 0.6 is 0 Å². The number of piperidine rings is 1. The van der Waals surface area contributed by atoms with E-state index in [-0.39, 0.29) is 4.90 Å². The van der Waals surface area contributed by atoms with Crippen LogP contribution in [0.15, 0.2) is 29.2 Å². The Bertz CT molecular complexity index is 543. The fourth-order valence-electron chi connectivity index (χ4n) is 2.67. The van der Waals surface area contributed by atoms with Gasteiger partial charge in [-0.25, -0.2) is 8.42 Å². The van der Waals surface area contributed by atoms with Crippen molar-refractivity contribution in [2.75, 3.05) is 33.8 Å². The van der Waals surface area contributed by atoms with E-state index in [0.717, 1.165) is 19.4 Å². The lowest BCUT2D eigenvalue weighted by Gasteiger charge is -2.32. The maximum atomic E-state index is 12.7. The van der Waals surface area contributed by atoms with E-state index in [1.807, 2.05) is 7.05 Å². The SMILES string of the molecule is CNC[C@H]1CCCN(S(=O)(=O)c2ccccc2OC)C1. The normalized spacial score (nSPS) is 20.8. The Kier molecular flexibility index (Phi) is 5.01. The third-order valence-electron chi connectivity index (χ3n) is 3.66. The van der Waals surface area contributed by atoms with Crippen LogP contribution < -0.4 is 10.1 Å². The summed E-state index contributed by atoms with van der Waals surface area (Å²) in [6.45, 7) is 2.00. The molecule has 0 unspecified atom stereocenters. The number of benzene rings is 1. The van der Waals surface area contributed by atoms with Crippen LogP contribution in [0.2, 0.25) is 0 Å². The van der Waals surface area contributed by atoms with E-state index in [9.17, 15) is 8.42 Å². The number of sulfonamides is 1. The molecule has 2 rings (SSSR count). The molecular formula is C14H22N2O3S. The van der Waals surface area contributed by atoms with Gasteiger partial charge in [0.1, 0.15) is 10.6 Å². The van der Waals surface area contributed by atoms with Gasteiger partial charge in [-0.15, -0.1) is 0 Å². The second-order valence-corrected chi connectivity index (χ2v) is 6.99. The Labute approximate surface area is 121 Å². The molecule has 112 valence electrons. The van der Waals surface area contributed by atoms with Gasteiger partial charge < -0.3 is 10.1 Å². The topological polar surface area (TPSA) is 58.6 Å². The number of para-hydroxylation sites is 1. The number of hydrogen-bond acceptors (Lipinski definition) is 4. The zero-order valence-corrected chi connectivity index (χ0v) is 12.8. The second kappa shape index (κ2) is 6.56. The molecule has 1 aliphatic heterocycles. The highest BCUT2D eigenvalue weighted by atomic mass is 32.2. The predicted molar refractivity (Wildman–Crippen MR) is 78.4 cm³/mol. The van der Waals surface area contributed by atoms with Gasteiger partial charge >= 0.3 is 0 Å². The van der Waals surface area contributed by atoms with Gasteiger partial charge in [-0.3, -0.25) is 0 Å². The van der Waals surface area contributed by atoms with E-state index >= 15 is 0 Å². The molecule has 1 aliphatic rings. The Morgan fingerprint density at radius 2 is 2.15 bits per heavy atom. The van der Waals surface area contributed by atoms with Crippen molar-refractivity contribution in [3.8, 4) is 5.75 Å². The third kappa shape index (κ3) is 3.13. The predicted octanol–water partition coefficient (Wildman–Crippen LogP) is 1.32. The fourth-order valence-corrected chi connectivity index (χ4v) is 4.38. The van der Waals surface area contributed by atoms with Crippen molar-refractivity contribution in [1.82, 2.24) is 9.62 Å². The maximum Gasteiger partial charge on any atom is 0.246 e. The van der Waals surface area contributed by atoms with Crippen LogP contribution in [0.1, 0.15) is 12.8 Å². The minimum atomic E-state index is -3.48. The van der Waals surface area contributed by atoms with Gasteiger partial charge in [0, 0.05) is 13.1 Å². The van der Waals surface area contributed by atoms with Crippen molar-refractivity contribution in [2.45, 2.75) is 17.7 Å². The summed E-state index contributed by atoms with van der Waals surface area (Å²) >= 11 is 0. The van der Waals surface area contributed by atoms with Crippen molar-refractivity contribution in [2.24, 2.45) is 5.92 Å². The van der Waals surface area contributed by atoms with Crippen LogP contribution in [0, 0.1) is 5.92 Å². The lowest BCUT2D eigenvalue weighted by molar-refractivity contribution is 0.262. The minimum absolute atomic E-state index is 0.257. The van der Waals surface area contributed by atoms with Gasteiger partial charge in [-0.05, 0) is 44.5 Å². The van der Waals surface area contributed by atoms with Crippen molar-refractivity contribution in [1.29, 1.82) is 0 Å². The molecular weight excluding hydrogens is 276 g/mol. The molecule has 0 spiro atoms. The molecule has 5 nitrogen and oxygen atoms in total. The molecule has 0 aliphatic carbocycles. The highest BCUT2D eigenvalue weighted by molar-refractivity contribution is 7.89. The van der Waals surface area contributed by atoms with Gasteiger partial charge in [-0.1, -0.05) is 12.1 Å². The van der Waals surface area contributed by atoms with Crippen LogP contribution in [0.4, 0.5) is 0 Å². The number of methoxy groups -OCH3 is 1. The molecule has 1 saturated heterocycles. The van der Waals surface area contributed by atoms with Crippen molar-refractivity contribution >= 4 is 10.0 Å². The standard InChI is InChI=1S/C14H22N2O3S/c1-15-10-12-6-5-9-16(11-12)20(17,18)14-8-4-3-7-13(14)19-2/h3-4,7-8,12,15H,5-6,9-11H2,1-2H3/t12-/m1/s1. The first-order valence-corrected chi connectivity index (χ1v) is 8.31. The summed E-state index contributed by atoms with van der Waals surface area (Å²) in [5, 5.41) is 3.13. The molecule has 20 heavy (non-hydrogen) atoms. The molecule has 1 heterocycles. The van der Waals surface area contributed by atoms with Gasteiger partial charge in [0.05, 0.1) is 7.11 Å². The summed E-state index contributed by atoms with van der Waals surface area (Å²) in [5.74, 6) is 0.779. The fraction of sp³-hybridized carbons (Fsp3) is 0.571. The summed E-state index contributed by atoms with van der Waals surface area (Å²) in [6, 6.07) is 6.79. The van der Waals surface area contributed by atoms with E-state index in [0.29, 0.717) is 24.8 Å². The molecule has 6 heteroatoms. The van der Waals surface area contributed by atoms with E-state index in [1.165, 1.54) is 7.11 Å². The molecule has 1 aromatic rings. The average Bonchev–Trinajstić information content (AvgIpc) is 2.48. The summed E-state index contributed by atoms with van der Waals surface area (Å²) in [4.78, 5) is 0.257. The molecule has 1 aromatic carbocycles. The zero-order valence-electron chi connectivity index (χ0n) is 12.0. The molecule has 1 fully saturated rings. The number of nitrogens with zero attached hydrogens (tertiary/aromatic N) is 1. The largest absolute Gasteiger partial charge is 0.495 e. The molecule has 0 bridgehead atoms. The minimum Gasteiger partial charge on any atom is -0.495 e. The van der Waals surface area contributed by atoms with Crippen LogP contribution in [0.3, 0.4) is 0 Å². The number of ether oxygens (including phenoxy) is 1. The van der Waals surface area contributed by atoms with Gasteiger partial charge in [0.2, 0.25) is 10.0 Å². The van der Waals surface area contributed by atoms with Crippen LogP contribution in [-0.4, -0.2) is 46.5 Å². The zero-order chi connectivity index (χ0) is 14.6. The maximum absolute atomic E-state index is 12.7. The van der Waals surface area contributed by atoms with Crippen LogP contribution in [-0.2, 0) is 10.0 Å². The van der Waals surface area contributed by atoms with Gasteiger partial charge in [0.15, 0.2) is 0 Å². The molecule has 1 N–H and O–H groups in total. The van der Waals surface area contributed by atoms with E-state index < -0.39 is 10.0 Å². The number of nitrogens with one attached hydrogen (secondary N) is 1. The van der Waals surface area contributed by atoms with Gasteiger partial charge in [-0.2, -0.15) is 4.31 Å². The highest BCUT2D eigenvalue weighted by Gasteiger charge is 2.31. The van der Waals surface area contributed by atoms with E-state index in [2.05, 4.69) is 5.32 Å². The van der Waals surface area contributed by atoms with Crippen LogP contribution in [0.25, 0.3) is 0 Å². The summed E-state index contributed by atoms with van der Waals surface area (Å²) < 4.78 is 32.2. The molecule has 0 radical (unpaired) electrons. The third-order valence-corrected chi connectivity index (χ3v) is 5.57. The summed E-state index contributed by atoms with van der Waals surface area (Å²) in [7, 11) is -0.0846. The van der Waals surface area contributed by atoms with Crippen molar-refractivity contribution in [3.63, 3.8) is 0 Å². The Morgan fingerprint density at radius 1 is 1.40 bits per heavy atom. The first-order valence-electron chi connectivity index (χ1n) is 6.87. The van der Waals surface area contributed by atoms with Crippen molar-refractivity contribution in [3.05, 3.63) is 24.3 Å². The lowest BCUT2D eigenvalue weighted by Crippen LogP contribution is -2.42. The first kappa shape index (κ1) is 15.3. The highest BCUT2D eigenvalue weighted by Crippen LogP contribution is 2.29. The van der Waals surface area contributed by atoms with E-state index in [1.54, 1.807) is 28.6 Å². The van der Waals surface area contributed by atoms with E-state index in [4.69, 9.17) is 4.74 Å². The molecule has 0 amide bonds. The average molecular weight is 298 g/mol. The molecule has 0 aromatic heterocycles. The quantitative estimate of drug-likeness (QED) is 0.890. The first-order chi connectivity index (χ1) is 9.59.